The second kappa shape index (κ2) is 10.2. The van der Waals surface area contributed by atoms with E-state index in [4.69, 9.17) is 0 Å². The number of rotatable bonds is 5. The molecule has 154 valence electrons. The first-order valence-corrected chi connectivity index (χ1v) is 9.34. The number of nitrogens with zero attached hydrogens (tertiary/aromatic N) is 5. The molecule has 0 aliphatic carbocycles. The lowest BCUT2D eigenvalue weighted by molar-refractivity contribution is 0.295. The zero-order valence-corrected chi connectivity index (χ0v) is 19.3. The van der Waals surface area contributed by atoms with E-state index in [0.717, 1.165) is 31.0 Å². The summed E-state index contributed by atoms with van der Waals surface area (Å²) < 4.78 is 15.1. The molecule has 8 heteroatoms. The van der Waals surface area contributed by atoms with Crippen LogP contribution in [0, 0.1) is 5.82 Å². The van der Waals surface area contributed by atoms with E-state index >= 15 is 0 Å². The first-order valence-electron chi connectivity index (χ1n) is 9.34. The highest BCUT2D eigenvalue weighted by Crippen LogP contribution is 2.27. The SMILES string of the molecule is CN=C(NCC(c1ccc(F)cc1)N(C)C)N1CCC(c2cnn(C)c2)C1.I. The van der Waals surface area contributed by atoms with Crippen LogP contribution in [-0.2, 0) is 7.05 Å². The van der Waals surface area contributed by atoms with E-state index < -0.39 is 0 Å². The van der Waals surface area contributed by atoms with Gasteiger partial charge in [-0.3, -0.25) is 9.67 Å². The maximum atomic E-state index is 13.2. The number of guanidine groups is 1. The lowest BCUT2D eigenvalue weighted by atomic mass is 10.0. The normalized spacial score (nSPS) is 18.3. The summed E-state index contributed by atoms with van der Waals surface area (Å²) in [6.07, 6.45) is 5.16. The zero-order valence-electron chi connectivity index (χ0n) is 17.0. The van der Waals surface area contributed by atoms with E-state index in [1.807, 2.05) is 51.2 Å². The number of benzene rings is 1. The summed E-state index contributed by atoms with van der Waals surface area (Å²) in [5, 5.41) is 7.79. The van der Waals surface area contributed by atoms with Gasteiger partial charge in [-0.1, -0.05) is 12.1 Å². The average molecular weight is 500 g/mol. The summed E-state index contributed by atoms with van der Waals surface area (Å²) in [7, 11) is 7.84. The molecule has 2 aromatic rings. The van der Waals surface area contributed by atoms with Crippen molar-refractivity contribution in [2.45, 2.75) is 18.4 Å². The van der Waals surface area contributed by atoms with Crippen molar-refractivity contribution in [2.24, 2.45) is 12.0 Å². The Morgan fingerprint density at radius 3 is 2.64 bits per heavy atom. The fraction of sp³-hybridized carbons (Fsp3) is 0.500. The van der Waals surface area contributed by atoms with Gasteiger partial charge in [0.1, 0.15) is 5.82 Å². The number of aromatic nitrogens is 2. The quantitative estimate of drug-likeness (QED) is 0.390. The highest BCUT2D eigenvalue weighted by atomic mass is 127. The summed E-state index contributed by atoms with van der Waals surface area (Å²) in [5.41, 5.74) is 2.37. The Balaban J connectivity index is 0.00000280. The maximum Gasteiger partial charge on any atom is 0.193 e. The number of aryl methyl sites for hydroxylation is 1. The molecule has 2 unspecified atom stereocenters. The molecule has 6 nitrogen and oxygen atoms in total. The van der Waals surface area contributed by atoms with Crippen molar-refractivity contribution in [3.8, 4) is 0 Å². The Kier molecular flexibility index (Phi) is 8.23. The van der Waals surface area contributed by atoms with Crippen LogP contribution < -0.4 is 5.32 Å². The third-order valence-corrected chi connectivity index (χ3v) is 5.23. The van der Waals surface area contributed by atoms with Crippen molar-refractivity contribution in [3.05, 3.63) is 53.6 Å². The first kappa shape index (κ1) is 22.6. The summed E-state index contributed by atoms with van der Waals surface area (Å²) in [6, 6.07) is 6.86. The molecule has 1 aromatic carbocycles. The van der Waals surface area contributed by atoms with Crippen LogP contribution in [0.1, 0.15) is 29.5 Å². The molecule has 2 heterocycles. The Bertz CT molecular complexity index is 773. The third kappa shape index (κ3) is 5.44. The van der Waals surface area contributed by atoms with Crippen molar-refractivity contribution in [3.63, 3.8) is 0 Å². The Morgan fingerprint density at radius 2 is 2.07 bits per heavy atom. The van der Waals surface area contributed by atoms with Crippen molar-refractivity contribution >= 4 is 29.9 Å². The molecule has 0 radical (unpaired) electrons. The van der Waals surface area contributed by atoms with E-state index in [0.29, 0.717) is 12.5 Å². The molecule has 0 bridgehead atoms. The Labute approximate surface area is 183 Å². The van der Waals surface area contributed by atoms with Gasteiger partial charge in [0, 0.05) is 45.8 Å². The number of likely N-dealkylation sites (tertiary alicyclic amines) is 1. The highest BCUT2D eigenvalue weighted by molar-refractivity contribution is 14.0. The summed E-state index contributed by atoms with van der Waals surface area (Å²) in [6.45, 7) is 2.62. The highest BCUT2D eigenvalue weighted by Gasteiger charge is 2.27. The number of nitrogens with one attached hydrogen (secondary N) is 1. The van der Waals surface area contributed by atoms with Crippen molar-refractivity contribution < 1.29 is 4.39 Å². The van der Waals surface area contributed by atoms with Crippen LogP contribution in [0.2, 0.25) is 0 Å². The molecule has 1 saturated heterocycles. The molecule has 1 aliphatic rings. The molecule has 28 heavy (non-hydrogen) atoms. The lowest BCUT2D eigenvalue weighted by Crippen LogP contribution is -2.43. The van der Waals surface area contributed by atoms with Gasteiger partial charge in [-0.05, 0) is 43.8 Å². The number of hydrogen-bond donors (Lipinski definition) is 1. The molecule has 1 aliphatic heterocycles. The summed E-state index contributed by atoms with van der Waals surface area (Å²) in [4.78, 5) is 8.91. The van der Waals surface area contributed by atoms with Crippen LogP contribution in [-0.4, -0.2) is 66.3 Å². The maximum absolute atomic E-state index is 13.2. The van der Waals surface area contributed by atoms with Crippen LogP contribution in [0.5, 0.6) is 0 Å². The predicted octanol–water partition coefficient (Wildman–Crippen LogP) is 2.84. The van der Waals surface area contributed by atoms with Gasteiger partial charge in [-0.2, -0.15) is 5.10 Å². The standard InChI is InChI=1S/C20H29FN6.HI/c1-22-20(27-10-9-16(14-27)17-11-24-26(4)13-17)23-12-19(25(2)3)15-5-7-18(21)8-6-15;/h5-8,11,13,16,19H,9-10,12,14H2,1-4H3,(H,22,23);1H. The van der Waals surface area contributed by atoms with E-state index in [1.165, 1.54) is 17.7 Å². The Morgan fingerprint density at radius 1 is 1.36 bits per heavy atom. The topological polar surface area (TPSA) is 48.7 Å². The minimum Gasteiger partial charge on any atom is -0.354 e. The van der Waals surface area contributed by atoms with Gasteiger partial charge in [0.05, 0.1) is 12.2 Å². The molecule has 1 N–H and O–H groups in total. The molecule has 3 rings (SSSR count). The first-order chi connectivity index (χ1) is 13.0. The largest absolute Gasteiger partial charge is 0.354 e. The van der Waals surface area contributed by atoms with Gasteiger partial charge in [0.15, 0.2) is 5.96 Å². The van der Waals surface area contributed by atoms with Crippen LogP contribution in [0.3, 0.4) is 0 Å². The fourth-order valence-electron chi connectivity index (χ4n) is 3.68. The Hall–Kier alpha value is -1.68. The van der Waals surface area contributed by atoms with E-state index in [9.17, 15) is 4.39 Å². The molecular weight excluding hydrogens is 470 g/mol. The zero-order chi connectivity index (χ0) is 19.4. The molecule has 0 amide bonds. The second-order valence-electron chi connectivity index (χ2n) is 7.34. The van der Waals surface area contributed by atoms with Gasteiger partial charge in [-0.15, -0.1) is 24.0 Å². The van der Waals surface area contributed by atoms with Gasteiger partial charge < -0.3 is 15.1 Å². The smallest absolute Gasteiger partial charge is 0.193 e. The van der Waals surface area contributed by atoms with Gasteiger partial charge in [-0.25, -0.2) is 4.39 Å². The molecule has 0 saturated carbocycles. The molecule has 1 fully saturated rings. The number of aliphatic imine (C=N–C) groups is 1. The van der Waals surface area contributed by atoms with E-state index in [2.05, 4.69) is 31.4 Å². The van der Waals surface area contributed by atoms with Crippen LogP contribution in [0.15, 0.2) is 41.7 Å². The minimum absolute atomic E-state index is 0. The second-order valence-corrected chi connectivity index (χ2v) is 7.34. The molecular formula is C20H30FIN6. The average Bonchev–Trinajstić information content (AvgIpc) is 3.29. The van der Waals surface area contributed by atoms with E-state index in [1.54, 1.807) is 0 Å². The summed E-state index contributed by atoms with van der Waals surface area (Å²) in [5.74, 6) is 1.19. The van der Waals surface area contributed by atoms with Gasteiger partial charge >= 0.3 is 0 Å². The van der Waals surface area contributed by atoms with Crippen LogP contribution >= 0.6 is 24.0 Å². The molecule has 1 aromatic heterocycles. The number of likely N-dealkylation sites (N-methyl/N-ethyl adjacent to an activating group) is 1. The fourth-order valence-corrected chi connectivity index (χ4v) is 3.68. The van der Waals surface area contributed by atoms with Crippen LogP contribution in [0.25, 0.3) is 0 Å². The van der Waals surface area contributed by atoms with Crippen molar-refractivity contribution in [2.75, 3.05) is 40.8 Å². The molecule has 0 spiro atoms. The monoisotopic (exact) mass is 500 g/mol. The van der Waals surface area contributed by atoms with E-state index in [-0.39, 0.29) is 35.8 Å². The van der Waals surface area contributed by atoms with Crippen molar-refractivity contribution in [1.82, 2.24) is 24.9 Å². The molecule has 2 atom stereocenters. The number of hydrogen-bond acceptors (Lipinski definition) is 3. The van der Waals surface area contributed by atoms with Crippen LogP contribution in [0.4, 0.5) is 4.39 Å². The summed E-state index contributed by atoms with van der Waals surface area (Å²) >= 11 is 0. The lowest BCUT2D eigenvalue weighted by Gasteiger charge is -2.28. The minimum atomic E-state index is -0.210. The number of halogens is 2. The predicted molar refractivity (Wildman–Crippen MR) is 122 cm³/mol. The van der Waals surface area contributed by atoms with Gasteiger partial charge in [0.25, 0.3) is 0 Å². The van der Waals surface area contributed by atoms with Gasteiger partial charge in [0.2, 0.25) is 0 Å². The van der Waals surface area contributed by atoms with Crippen molar-refractivity contribution in [1.29, 1.82) is 0 Å². The third-order valence-electron chi connectivity index (χ3n) is 5.23.